The van der Waals surface area contributed by atoms with Gasteiger partial charge in [0, 0.05) is 5.56 Å². The number of hydrogen-bond acceptors (Lipinski definition) is 2. The largest absolute Gasteiger partial charge is 0.343 e. The number of H-pyrrole nitrogens is 1. The van der Waals surface area contributed by atoms with Gasteiger partial charge in [-0.1, -0.05) is 42.0 Å². The lowest BCUT2D eigenvalue weighted by Crippen LogP contribution is -1.96. The number of aromatic amines is 1. The highest BCUT2D eigenvalue weighted by Crippen LogP contribution is 2.21. The average Bonchev–Trinajstić information content (AvgIpc) is 2.25. The molecule has 0 fully saturated rings. The molecule has 0 aliphatic rings. The number of benzene rings is 1. The van der Waals surface area contributed by atoms with Crippen molar-refractivity contribution in [1.29, 1.82) is 0 Å². The van der Waals surface area contributed by atoms with Gasteiger partial charge in [-0.3, -0.25) is 0 Å². The van der Waals surface area contributed by atoms with Crippen LogP contribution < -0.4 is 0 Å². The maximum atomic E-state index is 5.22. The van der Waals surface area contributed by atoms with Crippen molar-refractivity contribution in [3.63, 3.8) is 0 Å². The van der Waals surface area contributed by atoms with E-state index in [0.717, 1.165) is 22.6 Å². The average molecular weight is 230 g/mol. The minimum absolute atomic E-state index is 0.673. The summed E-state index contributed by atoms with van der Waals surface area (Å²) >= 11 is 5.22. The highest BCUT2D eigenvalue weighted by molar-refractivity contribution is 7.71. The summed E-state index contributed by atoms with van der Waals surface area (Å²) < 4.78 is 0.673. The quantitative estimate of drug-likeness (QED) is 0.756. The van der Waals surface area contributed by atoms with E-state index in [9.17, 15) is 0 Å². The van der Waals surface area contributed by atoms with E-state index < -0.39 is 0 Å². The Morgan fingerprint density at radius 2 is 1.69 bits per heavy atom. The van der Waals surface area contributed by atoms with Crippen LogP contribution in [0.25, 0.3) is 11.3 Å². The third-order valence-corrected chi connectivity index (χ3v) is 3.01. The molecule has 0 saturated carbocycles. The molecule has 3 heteroatoms. The Labute approximate surface area is 100 Å². The standard InChI is InChI=1S/C13H14N2S/c1-8-4-6-11(7-5-8)12-9(2)13(16)15-10(3)14-12/h4-7H,1-3H3,(H,14,15,16). The number of nitrogens with zero attached hydrogens (tertiary/aromatic N) is 1. The molecule has 82 valence electrons. The molecule has 0 spiro atoms. The number of rotatable bonds is 1. The second kappa shape index (κ2) is 4.18. The van der Waals surface area contributed by atoms with Crippen LogP contribution in [0, 0.1) is 25.4 Å². The van der Waals surface area contributed by atoms with Crippen molar-refractivity contribution < 1.29 is 0 Å². The van der Waals surface area contributed by atoms with Crippen molar-refractivity contribution in [1.82, 2.24) is 9.97 Å². The molecule has 0 unspecified atom stereocenters. The summed E-state index contributed by atoms with van der Waals surface area (Å²) in [4.78, 5) is 7.51. The van der Waals surface area contributed by atoms with Crippen molar-refractivity contribution in [2.45, 2.75) is 20.8 Å². The molecule has 0 saturated heterocycles. The molecule has 0 amide bonds. The molecule has 1 aromatic heterocycles. The second-order valence-electron chi connectivity index (χ2n) is 3.99. The minimum atomic E-state index is 0.673. The van der Waals surface area contributed by atoms with Gasteiger partial charge in [0.05, 0.1) is 5.69 Å². The van der Waals surface area contributed by atoms with Gasteiger partial charge in [0.25, 0.3) is 0 Å². The predicted molar refractivity (Wildman–Crippen MR) is 69.1 cm³/mol. The van der Waals surface area contributed by atoms with Gasteiger partial charge >= 0.3 is 0 Å². The van der Waals surface area contributed by atoms with E-state index in [4.69, 9.17) is 12.2 Å². The zero-order valence-corrected chi connectivity index (χ0v) is 10.5. The van der Waals surface area contributed by atoms with Crippen molar-refractivity contribution in [2.75, 3.05) is 0 Å². The Kier molecular flexibility index (Phi) is 2.88. The Balaban J connectivity index is 2.64. The Morgan fingerprint density at radius 1 is 1.06 bits per heavy atom. The SMILES string of the molecule is Cc1ccc(-c2[nH]c(C)nc(=S)c2C)cc1. The molecule has 0 radical (unpaired) electrons. The predicted octanol–water partition coefficient (Wildman–Crippen LogP) is 3.73. The van der Waals surface area contributed by atoms with E-state index in [1.165, 1.54) is 5.56 Å². The molecule has 0 bridgehead atoms. The van der Waals surface area contributed by atoms with Crippen LogP contribution >= 0.6 is 12.2 Å². The third kappa shape index (κ3) is 2.04. The topological polar surface area (TPSA) is 28.7 Å². The highest BCUT2D eigenvalue weighted by atomic mass is 32.1. The minimum Gasteiger partial charge on any atom is -0.343 e. The monoisotopic (exact) mass is 230 g/mol. The molecule has 0 aliphatic heterocycles. The summed E-state index contributed by atoms with van der Waals surface area (Å²) in [5, 5.41) is 0. The molecule has 1 N–H and O–H groups in total. The Hall–Kier alpha value is -1.48. The number of nitrogens with one attached hydrogen (secondary N) is 1. The van der Waals surface area contributed by atoms with E-state index in [2.05, 4.69) is 41.2 Å². The molecular weight excluding hydrogens is 216 g/mol. The van der Waals surface area contributed by atoms with E-state index in [-0.39, 0.29) is 0 Å². The lowest BCUT2D eigenvalue weighted by atomic mass is 10.1. The maximum Gasteiger partial charge on any atom is 0.133 e. The highest BCUT2D eigenvalue weighted by Gasteiger charge is 2.04. The van der Waals surface area contributed by atoms with E-state index in [1.54, 1.807) is 0 Å². The summed E-state index contributed by atoms with van der Waals surface area (Å²) in [5.41, 5.74) is 4.51. The van der Waals surface area contributed by atoms with Gasteiger partial charge in [0.1, 0.15) is 10.5 Å². The van der Waals surface area contributed by atoms with Crippen LogP contribution in [0.2, 0.25) is 0 Å². The van der Waals surface area contributed by atoms with Gasteiger partial charge in [-0.25, -0.2) is 4.98 Å². The molecule has 2 nitrogen and oxygen atoms in total. The fraction of sp³-hybridized carbons (Fsp3) is 0.231. The summed E-state index contributed by atoms with van der Waals surface area (Å²) in [6.07, 6.45) is 0. The first kappa shape index (κ1) is 11.0. The zero-order chi connectivity index (χ0) is 11.7. The molecule has 2 rings (SSSR count). The molecule has 16 heavy (non-hydrogen) atoms. The zero-order valence-electron chi connectivity index (χ0n) is 9.66. The fourth-order valence-electron chi connectivity index (χ4n) is 1.65. The van der Waals surface area contributed by atoms with Crippen molar-refractivity contribution in [2.24, 2.45) is 0 Å². The van der Waals surface area contributed by atoms with Gasteiger partial charge in [0.15, 0.2) is 0 Å². The van der Waals surface area contributed by atoms with Crippen LogP contribution in [-0.2, 0) is 0 Å². The molecule has 1 aromatic carbocycles. The summed E-state index contributed by atoms with van der Waals surface area (Å²) in [7, 11) is 0. The normalized spacial score (nSPS) is 10.4. The van der Waals surface area contributed by atoms with Crippen molar-refractivity contribution in [3.8, 4) is 11.3 Å². The van der Waals surface area contributed by atoms with Crippen LogP contribution in [-0.4, -0.2) is 9.97 Å². The van der Waals surface area contributed by atoms with E-state index in [0.29, 0.717) is 4.64 Å². The van der Waals surface area contributed by atoms with Crippen LogP contribution in [0.15, 0.2) is 24.3 Å². The van der Waals surface area contributed by atoms with E-state index >= 15 is 0 Å². The number of aryl methyl sites for hydroxylation is 2. The van der Waals surface area contributed by atoms with E-state index in [1.807, 2.05) is 13.8 Å². The Bertz CT molecular complexity index is 567. The van der Waals surface area contributed by atoms with Gasteiger partial charge < -0.3 is 4.98 Å². The third-order valence-electron chi connectivity index (χ3n) is 2.61. The second-order valence-corrected chi connectivity index (χ2v) is 4.38. The smallest absolute Gasteiger partial charge is 0.133 e. The molecule has 2 aromatic rings. The first-order chi connectivity index (χ1) is 7.58. The van der Waals surface area contributed by atoms with Gasteiger partial charge in [0.2, 0.25) is 0 Å². The summed E-state index contributed by atoms with van der Waals surface area (Å²) in [6.45, 7) is 6.00. The lowest BCUT2D eigenvalue weighted by molar-refractivity contribution is 1.02. The number of hydrogen-bond donors (Lipinski definition) is 1. The molecule has 0 aliphatic carbocycles. The lowest BCUT2D eigenvalue weighted by Gasteiger charge is -2.07. The van der Waals surface area contributed by atoms with Crippen LogP contribution in [0.4, 0.5) is 0 Å². The Morgan fingerprint density at radius 3 is 2.31 bits per heavy atom. The molecular formula is C13H14N2S. The van der Waals surface area contributed by atoms with Crippen LogP contribution in [0.3, 0.4) is 0 Å². The molecule has 1 heterocycles. The first-order valence-corrected chi connectivity index (χ1v) is 5.63. The van der Waals surface area contributed by atoms with Gasteiger partial charge in [-0.05, 0) is 26.3 Å². The van der Waals surface area contributed by atoms with Gasteiger partial charge in [-0.15, -0.1) is 0 Å². The van der Waals surface area contributed by atoms with Crippen molar-refractivity contribution >= 4 is 12.2 Å². The van der Waals surface area contributed by atoms with Crippen LogP contribution in [0.1, 0.15) is 17.0 Å². The summed E-state index contributed by atoms with van der Waals surface area (Å²) in [5.74, 6) is 0.853. The first-order valence-electron chi connectivity index (χ1n) is 5.22. The fourth-order valence-corrected chi connectivity index (χ4v) is 1.89. The van der Waals surface area contributed by atoms with Crippen molar-refractivity contribution in [3.05, 3.63) is 45.9 Å². The maximum absolute atomic E-state index is 5.22. The molecule has 0 atom stereocenters. The summed E-state index contributed by atoms with van der Waals surface area (Å²) in [6, 6.07) is 8.40. The number of aromatic nitrogens is 2. The van der Waals surface area contributed by atoms with Crippen LogP contribution in [0.5, 0.6) is 0 Å². The van der Waals surface area contributed by atoms with Gasteiger partial charge in [-0.2, -0.15) is 0 Å².